The third-order valence-electron chi connectivity index (χ3n) is 3.47. The molecule has 110 valence electrons. The van der Waals surface area contributed by atoms with E-state index in [1.807, 2.05) is 6.07 Å². The summed E-state index contributed by atoms with van der Waals surface area (Å²) < 4.78 is 6.83. The average molecular weight is 311 g/mol. The van der Waals surface area contributed by atoms with Crippen molar-refractivity contribution in [1.82, 2.24) is 14.5 Å². The molecule has 0 aromatic carbocycles. The highest BCUT2D eigenvalue weighted by atomic mass is 35.5. The van der Waals surface area contributed by atoms with Crippen LogP contribution < -0.4 is 0 Å². The zero-order valence-corrected chi connectivity index (χ0v) is 11.3. The average Bonchev–Trinajstić information content (AvgIpc) is 2.99. The number of hydrogen-bond donors (Lipinski definition) is 3. The molecule has 0 amide bonds. The van der Waals surface area contributed by atoms with Crippen molar-refractivity contribution < 1.29 is 20.1 Å². The Bertz CT molecular complexity index is 728. The third kappa shape index (κ3) is 2.07. The normalized spacial score (nSPS) is 28.9. The van der Waals surface area contributed by atoms with Gasteiger partial charge in [0.15, 0.2) is 6.23 Å². The van der Waals surface area contributed by atoms with E-state index in [-0.39, 0.29) is 10.7 Å². The lowest BCUT2D eigenvalue weighted by Crippen LogP contribution is -2.33. The van der Waals surface area contributed by atoms with Crippen LogP contribution in [-0.2, 0) is 4.74 Å². The van der Waals surface area contributed by atoms with E-state index in [9.17, 15) is 10.2 Å². The Balaban J connectivity index is 2.14. The zero-order chi connectivity index (χ0) is 15.1. The molecule has 1 fully saturated rings. The van der Waals surface area contributed by atoms with Gasteiger partial charge in [-0.05, 0) is 0 Å². The molecule has 2 aromatic heterocycles. The van der Waals surface area contributed by atoms with E-state index in [4.69, 9.17) is 26.7 Å². The van der Waals surface area contributed by atoms with Crippen LogP contribution in [0.3, 0.4) is 0 Å². The number of aromatic nitrogens is 3. The number of nitriles is 1. The number of ether oxygens (including phenoxy) is 1. The van der Waals surface area contributed by atoms with Gasteiger partial charge < -0.3 is 24.6 Å². The summed E-state index contributed by atoms with van der Waals surface area (Å²) in [5, 5.41) is 38.6. The Morgan fingerprint density at radius 3 is 2.76 bits per heavy atom. The molecule has 4 atom stereocenters. The van der Waals surface area contributed by atoms with Crippen molar-refractivity contribution in [2.24, 2.45) is 0 Å². The van der Waals surface area contributed by atoms with Crippen LogP contribution in [0.5, 0.6) is 0 Å². The molecule has 8 nitrogen and oxygen atoms in total. The summed E-state index contributed by atoms with van der Waals surface area (Å²) in [5.41, 5.74) is 0.537. The highest BCUT2D eigenvalue weighted by molar-refractivity contribution is 6.34. The second kappa shape index (κ2) is 5.22. The van der Waals surface area contributed by atoms with E-state index >= 15 is 0 Å². The Morgan fingerprint density at radius 1 is 1.38 bits per heavy atom. The predicted octanol–water partition coefficient (Wildman–Crippen LogP) is -0.432. The van der Waals surface area contributed by atoms with Gasteiger partial charge in [-0.25, -0.2) is 9.97 Å². The van der Waals surface area contributed by atoms with E-state index < -0.39 is 31.1 Å². The van der Waals surface area contributed by atoms with Crippen LogP contribution in [0.4, 0.5) is 0 Å². The largest absolute Gasteiger partial charge is 0.394 e. The lowest BCUT2D eigenvalue weighted by atomic mass is 10.1. The van der Waals surface area contributed by atoms with Crippen molar-refractivity contribution in [1.29, 1.82) is 5.26 Å². The van der Waals surface area contributed by atoms with Gasteiger partial charge in [-0.3, -0.25) is 0 Å². The van der Waals surface area contributed by atoms with Crippen molar-refractivity contribution in [3.8, 4) is 6.07 Å². The second-order valence-electron chi connectivity index (χ2n) is 4.65. The fourth-order valence-electron chi connectivity index (χ4n) is 2.44. The minimum atomic E-state index is -1.27. The molecule has 0 aliphatic carbocycles. The number of fused-ring (bicyclic) bond motifs is 1. The topological polar surface area (TPSA) is 124 Å². The van der Waals surface area contributed by atoms with Crippen molar-refractivity contribution in [2.45, 2.75) is 24.5 Å². The molecule has 3 heterocycles. The quantitative estimate of drug-likeness (QED) is 0.643. The molecule has 1 aliphatic rings. The molecule has 1 aliphatic heterocycles. The van der Waals surface area contributed by atoms with Gasteiger partial charge in [-0.15, -0.1) is 0 Å². The van der Waals surface area contributed by atoms with Crippen LogP contribution in [0.25, 0.3) is 11.0 Å². The maximum atomic E-state index is 10.1. The summed E-state index contributed by atoms with van der Waals surface area (Å²) in [7, 11) is 0. The maximum absolute atomic E-state index is 10.1. The van der Waals surface area contributed by atoms with Crippen LogP contribution in [0.15, 0.2) is 12.5 Å². The summed E-state index contributed by atoms with van der Waals surface area (Å²) in [4.78, 5) is 7.86. The highest BCUT2D eigenvalue weighted by Crippen LogP contribution is 2.34. The molecule has 2 aromatic rings. The lowest BCUT2D eigenvalue weighted by Gasteiger charge is -2.17. The summed E-state index contributed by atoms with van der Waals surface area (Å²) in [6.07, 6.45) is -1.74. The highest BCUT2D eigenvalue weighted by Gasteiger charge is 2.44. The fourth-order valence-corrected chi connectivity index (χ4v) is 2.67. The standard InChI is InChI=1S/C12H11ClN4O4/c13-10-7-5(1-14)2-17(11(7)16-4-15-10)12-9(20)8(19)6(3-18)21-12/h2,4,6,8-9,12,18-20H,3H2/t6-,8-,9-,12-/m1/s1. The summed E-state index contributed by atoms with van der Waals surface area (Å²) in [6.45, 7) is -0.436. The van der Waals surface area contributed by atoms with Gasteiger partial charge in [-0.1, -0.05) is 11.6 Å². The molecule has 3 rings (SSSR count). The monoisotopic (exact) mass is 310 g/mol. The van der Waals surface area contributed by atoms with Crippen molar-refractivity contribution >= 4 is 22.6 Å². The lowest BCUT2D eigenvalue weighted by molar-refractivity contribution is -0.0508. The molecule has 9 heteroatoms. The zero-order valence-electron chi connectivity index (χ0n) is 10.6. The first-order chi connectivity index (χ1) is 10.1. The SMILES string of the molecule is N#Cc1cn([C@@H]2O[C@H](CO)[C@@H](O)[C@H]2O)c2ncnc(Cl)c12. The Hall–Kier alpha value is -1.76. The third-order valence-corrected chi connectivity index (χ3v) is 3.76. The molecule has 0 radical (unpaired) electrons. The predicted molar refractivity (Wildman–Crippen MR) is 70.3 cm³/mol. The number of hydrogen-bond acceptors (Lipinski definition) is 7. The molecule has 21 heavy (non-hydrogen) atoms. The van der Waals surface area contributed by atoms with E-state index in [0.717, 1.165) is 0 Å². The van der Waals surface area contributed by atoms with Gasteiger partial charge >= 0.3 is 0 Å². The van der Waals surface area contributed by atoms with E-state index in [1.54, 1.807) is 0 Å². The number of aliphatic hydroxyl groups is 3. The van der Waals surface area contributed by atoms with Crippen molar-refractivity contribution in [3.63, 3.8) is 0 Å². The van der Waals surface area contributed by atoms with Crippen LogP contribution in [0.1, 0.15) is 11.8 Å². The number of halogens is 1. The number of aliphatic hydroxyl groups excluding tert-OH is 3. The minimum Gasteiger partial charge on any atom is -0.394 e. The van der Waals surface area contributed by atoms with Crippen LogP contribution in [-0.4, -0.2) is 54.8 Å². The van der Waals surface area contributed by atoms with E-state index in [1.165, 1.54) is 17.1 Å². The van der Waals surface area contributed by atoms with Gasteiger partial charge in [0.1, 0.15) is 41.5 Å². The van der Waals surface area contributed by atoms with Gasteiger partial charge in [0.25, 0.3) is 0 Å². The second-order valence-corrected chi connectivity index (χ2v) is 5.01. The molecule has 0 spiro atoms. The van der Waals surface area contributed by atoms with Gasteiger partial charge in [0, 0.05) is 6.20 Å². The first-order valence-electron chi connectivity index (χ1n) is 6.12. The van der Waals surface area contributed by atoms with Crippen LogP contribution >= 0.6 is 11.6 Å². The molecule has 0 bridgehead atoms. The molecule has 1 saturated heterocycles. The molecule has 0 saturated carbocycles. The van der Waals surface area contributed by atoms with Gasteiger partial charge in [-0.2, -0.15) is 5.26 Å². The molecule has 0 unspecified atom stereocenters. The van der Waals surface area contributed by atoms with Gasteiger partial charge in [0.2, 0.25) is 0 Å². The number of rotatable bonds is 2. The van der Waals surface area contributed by atoms with Crippen LogP contribution in [0, 0.1) is 11.3 Å². The minimum absolute atomic E-state index is 0.113. The van der Waals surface area contributed by atoms with E-state index in [0.29, 0.717) is 11.0 Å². The van der Waals surface area contributed by atoms with Crippen LogP contribution in [0.2, 0.25) is 5.15 Å². The number of nitrogens with zero attached hydrogens (tertiary/aromatic N) is 4. The molecular weight excluding hydrogens is 300 g/mol. The smallest absolute Gasteiger partial charge is 0.164 e. The van der Waals surface area contributed by atoms with E-state index in [2.05, 4.69) is 9.97 Å². The van der Waals surface area contributed by atoms with Crippen molar-refractivity contribution in [3.05, 3.63) is 23.2 Å². The maximum Gasteiger partial charge on any atom is 0.164 e. The van der Waals surface area contributed by atoms with Gasteiger partial charge in [0.05, 0.1) is 17.6 Å². The Morgan fingerprint density at radius 2 is 2.14 bits per heavy atom. The Kier molecular flexibility index (Phi) is 3.52. The first kappa shape index (κ1) is 14.2. The molecule has 3 N–H and O–H groups in total. The Labute approximate surface area is 123 Å². The summed E-state index contributed by atoms with van der Waals surface area (Å²) in [6, 6.07) is 1.97. The van der Waals surface area contributed by atoms with Crippen molar-refractivity contribution in [2.75, 3.05) is 6.61 Å². The fraction of sp³-hybridized carbons (Fsp3) is 0.417. The first-order valence-corrected chi connectivity index (χ1v) is 6.50. The summed E-state index contributed by atoms with van der Waals surface area (Å²) in [5.74, 6) is 0. The molecular formula is C12H11ClN4O4. The summed E-state index contributed by atoms with van der Waals surface area (Å²) >= 11 is 5.97.